The van der Waals surface area contributed by atoms with E-state index in [1.165, 1.54) is 29.5 Å². The van der Waals surface area contributed by atoms with Crippen molar-refractivity contribution in [1.29, 1.82) is 0 Å². The number of hydrogen-bond donors (Lipinski definition) is 1. The Hall–Kier alpha value is -1.62. The molecule has 0 unspecified atom stereocenters. The third kappa shape index (κ3) is 2.30. The highest BCUT2D eigenvalue weighted by atomic mass is 32.1. The van der Waals surface area contributed by atoms with E-state index in [9.17, 15) is 4.39 Å². The van der Waals surface area contributed by atoms with Gasteiger partial charge in [0.1, 0.15) is 5.82 Å². The Morgan fingerprint density at radius 3 is 2.94 bits per heavy atom. The van der Waals surface area contributed by atoms with Crippen molar-refractivity contribution in [2.75, 3.05) is 5.73 Å². The number of ether oxygens (including phenoxy) is 1. The van der Waals surface area contributed by atoms with E-state index in [0.29, 0.717) is 10.9 Å². The highest BCUT2D eigenvalue weighted by Gasteiger charge is 2.06. The quantitative estimate of drug-likeness (QED) is 0.835. The lowest BCUT2D eigenvalue weighted by Gasteiger charge is -2.04. The number of halogens is 1. The summed E-state index contributed by atoms with van der Waals surface area (Å²) in [7, 11) is 0. The van der Waals surface area contributed by atoms with E-state index in [1.807, 2.05) is 12.3 Å². The summed E-state index contributed by atoms with van der Waals surface area (Å²) in [5.41, 5.74) is 6.86. The fraction of sp³-hybridized carbons (Fsp3) is 0.182. The molecule has 5 heteroatoms. The van der Waals surface area contributed by atoms with Crippen molar-refractivity contribution in [2.24, 2.45) is 0 Å². The molecule has 0 aliphatic heterocycles. The second-order valence-corrected chi connectivity index (χ2v) is 4.06. The number of anilines is 1. The monoisotopic (exact) mass is 238 g/mol. The molecule has 1 aromatic heterocycles. The largest absolute Gasteiger partial charge is 0.429 e. The van der Waals surface area contributed by atoms with Gasteiger partial charge in [-0.15, -0.1) is 0 Å². The van der Waals surface area contributed by atoms with Crippen molar-refractivity contribution in [2.45, 2.75) is 13.3 Å². The molecule has 2 aromatic rings. The molecule has 0 amide bonds. The minimum absolute atomic E-state index is 0.272. The average Bonchev–Trinajstić information content (AvgIpc) is 2.70. The Kier molecular flexibility index (Phi) is 3.05. The summed E-state index contributed by atoms with van der Waals surface area (Å²) in [6.45, 7) is 2.02. The minimum Gasteiger partial charge on any atom is -0.429 e. The van der Waals surface area contributed by atoms with Crippen molar-refractivity contribution >= 4 is 17.0 Å². The molecule has 0 saturated heterocycles. The molecule has 2 N–H and O–H groups in total. The number of aromatic nitrogens is 1. The Bertz CT molecular complexity index is 498. The Morgan fingerprint density at radius 2 is 2.31 bits per heavy atom. The smallest absolute Gasteiger partial charge is 0.278 e. The van der Waals surface area contributed by atoms with E-state index in [4.69, 9.17) is 10.5 Å². The second-order valence-electron chi connectivity index (χ2n) is 3.24. The maximum atomic E-state index is 12.8. The van der Waals surface area contributed by atoms with Crippen LogP contribution in [0.3, 0.4) is 0 Å². The summed E-state index contributed by atoms with van der Waals surface area (Å²) in [6, 6.07) is 4.03. The molecular weight excluding hydrogens is 227 g/mol. The number of benzene rings is 1. The van der Waals surface area contributed by atoms with Gasteiger partial charge in [0, 0.05) is 11.4 Å². The number of hydrogen-bond acceptors (Lipinski definition) is 4. The van der Waals surface area contributed by atoms with Crippen molar-refractivity contribution in [3.05, 3.63) is 35.1 Å². The molecule has 0 saturated carbocycles. The van der Waals surface area contributed by atoms with Crippen LogP contribution in [0.25, 0.3) is 0 Å². The molecule has 0 aliphatic carbocycles. The van der Waals surface area contributed by atoms with E-state index in [0.717, 1.165) is 12.1 Å². The number of nitrogens with two attached hydrogens (primary N) is 1. The first-order valence-electron chi connectivity index (χ1n) is 4.86. The predicted octanol–water partition coefficient (Wildman–Crippen LogP) is 3.22. The number of rotatable bonds is 3. The van der Waals surface area contributed by atoms with Gasteiger partial charge in [-0.3, -0.25) is 0 Å². The molecule has 0 fully saturated rings. The van der Waals surface area contributed by atoms with Crippen LogP contribution in [0.5, 0.6) is 10.9 Å². The van der Waals surface area contributed by atoms with Gasteiger partial charge < -0.3 is 10.5 Å². The standard InChI is InChI=1S/C11H11FN2OS/c1-2-8-6-16-11(14-8)15-10-4-3-7(12)5-9(10)13/h3-6H,2,13H2,1H3. The summed E-state index contributed by atoms with van der Waals surface area (Å²) in [6.07, 6.45) is 0.860. The van der Waals surface area contributed by atoms with Gasteiger partial charge in [0.15, 0.2) is 5.75 Å². The van der Waals surface area contributed by atoms with Gasteiger partial charge in [0.05, 0.1) is 11.4 Å². The fourth-order valence-electron chi connectivity index (χ4n) is 1.20. The zero-order valence-electron chi connectivity index (χ0n) is 8.74. The fourth-order valence-corrected chi connectivity index (χ4v) is 1.97. The van der Waals surface area contributed by atoms with Crippen molar-refractivity contribution in [3.63, 3.8) is 0 Å². The first-order chi connectivity index (χ1) is 7.69. The topological polar surface area (TPSA) is 48.1 Å². The Morgan fingerprint density at radius 1 is 1.50 bits per heavy atom. The molecule has 3 nitrogen and oxygen atoms in total. The molecule has 16 heavy (non-hydrogen) atoms. The lowest BCUT2D eigenvalue weighted by Crippen LogP contribution is -1.92. The van der Waals surface area contributed by atoms with E-state index < -0.39 is 0 Å². The lowest BCUT2D eigenvalue weighted by molar-refractivity contribution is 0.478. The van der Waals surface area contributed by atoms with Crippen LogP contribution in [-0.4, -0.2) is 4.98 Å². The number of nitrogens with zero attached hydrogens (tertiary/aromatic N) is 1. The molecule has 1 heterocycles. The third-order valence-corrected chi connectivity index (χ3v) is 2.83. The number of thiazole rings is 1. The van der Waals surface area contributed by atoms with Gasteiger partial charge in [-0.1, -0.05) is 18.3 Å². The zero-order chi connectivity index (χ0) is 11.5. The van der Waals surface area contributed by atoms with Crippen molar-refractivity contribution in [1.82, 2.24) is 4.98 Å². The van der Waals surface area contributed by atoms with E-state index in [-0.39, 0.29) is 11.5 Å². The normalized spacial score (nSPS) is 10.4. The van der Waals surface area contributed by atoms with Crippen LogP contribution in [0, 0.1) is 5.82 Å². The molecule has 0 atom stereocenters. The third-order valence-electron chi connectivity index (χ3n) is 2.06. The second kappa shape index (κ2) is 4.49. The predicted molar refractivity (Wildman–Crippen MR) is 62.4 cm³/mol. The van der Waals surface area contributed by atoms with Gasteiger partial charge in [-0.2, -0.15) is 0 Å². The molecular formula is C11H11FN2OS. The van der Waals surface area contributed by atoms with Crippen LogP contribution in [-0.2, 0) is 6.42 Å². The lowest BCUT2D eigenvalue weighted by atomic mass is 10.3. The average molecular weight is 238 g/mol. The van der Waals surface area contributed by atoms with Gasteiger partial charge in [-0.25, -0.2) is 9.37 Å². The maximum absolute atomic E-state index is 12.8. The van der Waals surface area contributed by atoms with Crippen LogP contribution in [0.2, 0.25) is 0 Å². The minimum atomic E-state index is -0.377. The van der Waals surface area contributed by atoms with Gasteiger partial charge in [-0.05, 0) is 18.6 Å². The highest BCUT2D eigenvalue weighted by Crippen LogP contribution is 2.29. The SMILES string of the molecule is CCc1csc(Oc2ccc(F)cc2N)n1. The molecule has 0 bridgehead atoms. The molecule has 0 radical (unpaired) electrons. The Labute approximate surface area is 96.7 Å². The van der Waals surface area contributed by atoms with Crippen LogP contribution in [0.1, 0.15) is 12.6 Å². The summed E-state index contributed by atoms with van der Waals surface area (Å²) < 4.78 is 18.3. The summed E-state index contributed by atoms with van der Waals surface area (Å²) in [5, 5.41) is 2.45. The molecule has 0 aliphatic rings. The molecule has 84 valence electrons. The van der Waals surface area contributed by atoms with Crippen LogP contribution in [0.4, 0.5) is 10.1 Å². The highest BCUT2D eigenvalue weighted by molar-refractivity contribution is 7.11. The maximum Gasteiger partial charge on any atom is 0.278 e. The summed E-state index contributed by atoms with van der Waals surface area (Å²) in [4.78, 5) is 4.23. The molecule has 2 rings (SSSR count). The van der Waals surface area contributed by atoms with Crippen LogP contribution >= 0.6 is 11.3 Å². The van der Waals surface area contributed by atoms with Crippen LogP contribution < -0.4 is 10.5 Å². The van der Waals surface area contributed by atoms with Gasteiger partial charge >= 0.3 is 0 Å². The van der Waals surface area contributed by atoms with E-state index >= 15 is 0 Å². The van der Waals surface area contributed by atoms with E-state index in [2.05, 4.69) is 4.98 Å². The first-order valence-corrected chi connectivity index (χ1v) is 5.74. The molecule has 0 spiro atoms. The Balaban J connectivity index is 2.20. The summed E-state index contributed by atoms with van der Waals surface area (Å²) >= 11 is 1.40. The van der Waals surface area contributed by atoms with Gasteiger partial charge in [0.25, 0.3) is 5.19 Å². The van der Waals surface area contributed by atoms with Gasteiger partial charge in [0.2, 0.25) is 0 Å². The van der Waals surface area contributed by atoms with Crippen molar-refractivity contribution in [3.8, 4) is 10.9 Å². The molecule has 1 aromatic carbocycles. The van der Waals surface area contributed by atoms with E-state index in [1.54, 1.807) is 0 Å². The first kappa shape index (κ1) is 10.9. The number of aryl methyl sites for hydroxylation is 1. The number of nitrogen functional groups attached to an aromatic ring is 1. The van der Waals surface area contributed by atoms with Crippen molar-refractivity contribution < 1.29 is 9.13 Å². The zero-order valence-corrected chi connectivity index (χ0v) is 9.55. The summed E-state index contributed by atoms with van der Waals surface area (Å²) in [5.74, 6) is 0.0524. The van der Waals surface area contributed by atoms with Crippen LogP contribution in [0.15, 0.2) is 23.6 Å².